The van der Waals surface area contributed by atoms with Gasteiger partial charge in [0.1, 0.15) is 23.3 Å². The lowest BCUT2D eigenvalue weighted by Gasteiger charge is -2.29. The van der Waals surface area contributed by atoms with E-state index in [1.807, 2.05) is 32.0 Å². The van der Waals surface area contributed by atoms with Crippen LogP contribution in [-0.4, -0.2) is 25.4 Å². The first-order valence-corrected chi connectivity index (χ1v) is 7.34. The largest absolute Gasteiger partial charge is 0.489 e. The van der Waals surface area contributed by atoms with Crippen LogP contribution in [-0.2, 0) is 4.74 Å². The number of anilines is 1. The van der Waals surface area contributed by atoms with E-state index in [0.29, 0.717) is 23.3 Å². The zero-order chi connectivity index (χ0) is 14.5. The van der Waals surface area contributed by atoms with Crippen LogP contribution in [0.15, 0.2) is 18.2 Å². The monoisotopic (exact) mass is 279 g/mol. The Hall–Kier alpha value is -1.42. The van der Waals surface area contributed by atoms with Crippen LogP contribution >= 0.6 is 0 Å². The van der Waals surface area contributed by atoms with Gasteiger partial charge >= 0.3 is 0 Å². The molecule has 0 saturated heterocycles. The summed E-state index contributed by atoms with van der Waals surface area (Å²) < 4.78 is 17.2. The SMILES string of the molecule is COC1CCCC(Oc2cccc(OC(C)C)c2N)C1. The van der Waals surface area contributed by atoms with Crippen molar-refractivity contribution in [3.8, 4) is 11.5 Å². The van der Waals surface area contributed by atoms with Crippen molar-refractivity contribution >= 4 is 5.69 Å². The van der Waals surface area contributed by atoms with Crippen molar-refractivity contribution in [1.29, 1.82) is 0 Å². The lowest BCUT2D eigenvalue weighted by Crippen LogP contribution is -2.29. The van der Waals surface area contributed by atoms with Crippen molar-refractivity contribution in [2.75, 3.05) is 12.8 Å². The third kappa shape index (κ3) is 3.79. The van der Waals surface area contributed by atoms with Gasteiger partial charge in [-0.2, -0.15) is 0 Å². The van der Waals surface area contributed by atoms with Gasteiger partial charge in [-0.3, -0.25) is 0 Å². The Morgan fingerprint density at radius 3 is 2.55 bits per heavy atom. The molecule has 4 heteroatoms. The molecule has 2 unspecified atom stereocenters. The van der Waals surface area contributed by atoms with E-state index < -0.39 is 0 Å². The maximum atomic E-state index is 6.13. The molecule has 0 bridgehead atoms. The summed E-state index contributed by atoms with van der Waals surface area (Å²) in [7, 11) is 1.76. The van der Waals surface area contributed by atoms with E-state index in [2.05, 4.69) is 0 Å². The van der Waals surface area contributed by atoms with Gasteiger partial charge in [0.25, 0.3) is 0 Å². The normalized spacial score (nSPS) is 22.8. The Kier molecular flexibility index (Phi) is 5.12. The number of methoxy groups -OCH3 is 1. The fraction of sp³-hybridized carbons (Fsp3) is 0.625. The van der Waals surface area contributed by atoms with Gasteiger partial charge in [-0.05, 0) is 45.2 Å². The maximum Gasteiger partial charge on any atom is 0.146 e. The lowest BCUT2D eigenvalue weighted by atomic mass is 9.95. The average molecular weight is 279 g/mol. The minimum absolute atomic E-state index is 0.0973. The molecule has 0 heterocycles. The van der Waals surface area contributed by atoms with Crippen LogP contribution in [0.5, 0.6) is 11.5 Å². The summed E-state index contributed by atoms with van der Waals surface area (Å²) in [5, 5.41) is 0. The first kappa shape index (κ1) is 15.0. The van der Waals surface area contributed by atoms with Crippen molar-refractivity contribution in [1.82, 2.24) is 0 Å². The van der Waals surface area contributed by atoms with Crippen LogP contribution in [0.1, 0.15) is 39.5 Å². The second-order valence-electron chi connectivity index (χ2n) is 5.60. The molecule has 2 N–H and O–H groups in total. The number of ether oxygens (including phenoxy) is 3. The third-order valence-electron chi connectivity index (χ3n) is 3.59. The first-order valence-electron chi connectivity index (χ1n) is 7.34. The molecule has 0 amide bonds. The Bertz CT molecular complexity index is 434. The van der Waals surface area contributed by atoms with Crippen molar-refractivity contribution < 1.29 is 14.2 Å². The fourth-order valence-corrected chi connectivity index (χ4v) is 2.59. The zero-order valence-electron chi connectivity index (χ0n) is 12.6. The molecular weight excluding hydrogens is 254 g/mol. The number of para-hydroxylation sites is 1. The number of hydrogen-bond acceptors (Lipinski definition) is 4. The van der Waals surface area contributed by atoms with Crippen LogP contribution in [0.3, 0.4) is 0 Å². The van der Waals surface area contributed by atoms with Crippen LogP contribution < -0.4 is 15.2 Å². The Morgan fingerprint density at radius 1 is 1.15 bits per heavy atom. The highest BCUT2D eigenvalue weighted by Gasteiger charge is 2.24. The van der Waals surface area contributed by atoms with Crippen LogP contribution in [0.4, 0.5) is 5.69 Å². The minimum atomic E-state index is 0.0973. The Balaban J connectivity index is 2.05. The summed E-state index contributed by atoms with van der Waals surface area (Å²) in [5.74, 6) is 1.40. The number of nitrogens with two attached hydrogens (primary N) is 1. The molecule has 0 aromatic heterocycles. The number of nitrogen functional groups attached to an aromatic ring is 1. The summed E-state index contributed by atoms with van der Waals surface area (Å²) in [6, 6.07) is 5.69. The molecule has 112 valence electrons. The summed E-state index contributed by atoms with van der Waals surface area (Å²) in [4.78, 5) is 0. The van der Waals surface area contributed by atoms with Gasteiger partial charge in [0.2, 0.25) is 0 Å². The predicted octanol–water partition coefficient (Wildman–Crippen LogP) is 3.39. The highest BCUT2D eigenvalue weighted by Crippen LogP contribution is 2.34. The van der Waals surface area contributed by atoms with Crippen molar-refractivity contribution in [2.45, 2.75) is 57.8 Å². The van der Waals surface area contributed by atoms with E-state index >= 15 is 0 Å². The second-order valence-corrected chi connectivity index (χ2v) is 5.60. The number of benzene rings is 1. The van der Waals surface area contributed by atoms with E-state index in [1.165, 1.54) is 0 Å². The molecule has 4 nitrogen and oxygen atoms in total. The molecule has 0 aliphatic heterocycles. The molecule has 0 spiro atoms. The third-order valence-corrected chi connectivity index (χ3v) is 3.59. The summed E-state index contributed by atoms with van der Waals surface area (Å²) in [5.41, 5.74) is 6.72. The van der Waals surface area contributed by atoms with Crippen molar-refractivity contribution in [3.05, 3.63) is 18.2 Å². The van der Waals surface area contributed by atoms with Crippen LogP contribution in [0, 0.1) is 0 Å². The molecule has 1 aromatic rings. The van der Waals surface area contributed by atoms with Gasteiger partial charge in [0.05, 0.1) is 12.2 Å². The van der Waals surface area contributed by atoms with Gasteiger partial charge in [-0.15, -0.1) is 0 Å². The molecule has 0 radical (unpaired) electrons. The van der Waals surface area contributed by atoms with Gasteiger partial charge in [-0.25, -0.2) is 0 Å². The molecule has 2 rings (SSSR count). The van der Waals surface area contributed by atoms with E-state index in [9.17, 15) is 0 Å². The van der Waals surface area contributed by atoms with E-state index in [4.69, 9.17) is 19.9 Å². The molecule has 1 saturated carbocycles. The topological polar surface area (TPSA) is 53.7 Å². The van der Waals surface area contributed by atoms with Crippen LogP contribution in [0.25, 0.3) is 0 Å². The summed E-state index contributed by atoms with van der Waals surface area (Å²) in [6.45, 7) is 3.97. The Labute approximate surface area is 121 Å². The van der Waals surface area contributed by atoms with E-state index in [0.717, 1.165) is 25.7 Å². The lowest BCUT2D eigenvalue weighted by molar-refractivity contribution is 0.0211. The molecule has 20 heavy (non-hydrogen) atoms. The molecule has 2 atom stereocenters. The summed E-state index contributed by atoms with van der Waals surface area (Å²) >= 11 is 0. The van der Waals surface area contributed by atoms with Crippen molar-refractivity contribution in [3.63, 3.8) is 0 Å². The minimum Gasteiger partial charge on any atom is -0.489 e. The first-order chi connectivity index (χ1) is 9.60. The van der Waals surface area contributed by atoms with Gasteiger partial charge in [-0.1, -0.05) is 6.07 Å². The standard InChI is InChI=1S/C16H25NO3/c1-11(2)19-14-8-5-9-15(16(14)17)20-13-7-4-6-12(10-13)18-3/h5,8-9,11-13H,4,6-7,10,17H2,1-3H3. The fourth-order valence-electron chi connectivity index (χ4n) is 2.59. The van der Waals surface area contributed by atoms with Crippen molar-refractivity contribution in [2.24, 2.45) is 0 Å². The van der Waals surface area contributed by atoms with E-state index in [1.54, 1.807) is 7.11 Å². The molecule has 1 aliphatic rings. The molecule has 1 fully saturated rings. The van der Waals surface area contributed by atoms with Crippen LogP contribution in [0.2, 0.25) is 0 Å². The summed E-state index contributed by atoms with van der Waals surface area (Å²) in [6.07, 6.45) is 4.78. The molecular formula is C16H25NO3. The maximum absolute atomic E-state index is 6.13. The molecule has 1 aromatic carbocycles. The highest BCUT2D eigenvalue weighted by molar-refractivity contribution is 5.62. The predicted molar refractivity (Wildman–Crippen MR) is 80.3 cm³/mol. The zero-order valence-corrected chi connectivity index (χ0v) is 12.6. The highest BCUT2D eigenvalue weighted by atomic mass is 16.5. The van der Waals surface area contributed by atoms with Gasteiger partial charge in [0, 0.05) is 13.5 Å². The number of hydrogen-bond donors (Lipinski definition) is 1. The smallest absolute Gasteiger partial charge is 0.146 e. The quantitative estimate of drug-likeness (QED) is 0.839. The second kappa shape index (κ2) is 6.84. The van der Waals surface area contributed by atoms with E-state index in [-0.39, 0.29) is 12.2 Å². The van der Waals surface area contributed by atoms with Gasteiger partial charge < -0.3 is 19.9 Å². The van der Waals surface area contributed by atoms with Gasteiger partial charge in [0.15, 0.2) is 0 Å². The average Bonchev–Trinajstić information content (AvgIpc) is 2.43. The Morgan fingerprint density at radius 2 is 1.85 bits per heavy atom. The molecule has 1 aliphatic carbocycles. The number of rotatable bonds is 5.